The van der Waals surface area contributed by atoms with E-state index < -0.39 is 12.3 Å². The molecule has 0 amide bonds. The van der Waals surface area contributed by atoms with Crippen molar-refractivity contribution in [3.8, 4) is 0 Å². The second kappa shape index (κ2) is 19.1. The normalized spacial score (nSPS) is 22.2. The number of allylic oxidation sites excluding steroid dienone is 3. The van der Waals surface area contributed by atoms with Gasteiger partial charge >= 0.3 is 0 Å². The van der Waals surface area contributed by atoms with Gasteiger partial charge in [0, 0.05) is 22.8 Å². The smallest absolute Gasteiger partial charge is 0.143 e. The second-order valence-corrected chi connectivity index (χ2v) is 25.8. The fourth-order valence-electron chi connectivity index (χ4n) is 13.6. The first-order valence-electron chi connectivity index (χ1n) is 25.8. The van der Waals surface area contributed by atoms with E-state index in [1.165, 1.54) is 153 Å². The number of alkyl halides is 2. The van der Waals surface area contributed by atoms with Gasteiger partial charge in [0.1, 0.15) is 10.5 Å². The van der Waals surface area contributed by atoms with E-state index in [1.54, 1.807) is 0 Å². The molecule has 0 saturated heterocycles. The topological polar surface area (TPSA) is 6.48 Å². The predicted molar refractivity (Wildman–Crippen MR) is 299 cm³/mol. The Morgan fingerprint density at radius 2 is 0.868 bits per heavy atom. The summed E-state index contributed by atoms with van der Waals surface area (Å²) in [7, 11) is -0.711. The lowest BCUT2D eigenvalue weighted by molar-refractivity contribution is 0.414. The first kappa shape index (κ1) is 47.4. The standard InChI is InChI=1S/C63H71Cl2N2P/c1-41-33-43(3)59(44(4)34-41)66-47(7)48(8)67(60-45(5)35-42(2)36-46(60)6)61(66)62(68(55-23-11-9-12-24-55)56-25-13-10-14-26-56)31-32-63(64,65)58(40-50-28-30-52-20-16-18-22-54(52)38-50)57(62)39-49-27-29-51-19-15-17-21-53(51)37-49/h15-22,27-30,33-40,55-56,61H,9-14,23-26,31-32H2,1-8H3. The van der Waals surface area contributed by atoms with Gasteiger partial charge in [-0.15, -0.1) is 0 Å². The summed E-state index contributed by atoms with van der Waals surface area (Å²) in [5.74, 6) is 0. The van der Waals surface area contributed by atoms with Gasteiger partial charge in [-0.05, 0) is 190 Å². The number of rotatable bonds is 8. The summed E-state index contributed by atoms with van der Waals surface area (Å²) in [5, 5.41) is 4.61. The van der Waals surface area contributed by atoms with Crippen LogP contribution in [0.4, 0.5) is 11.4 Å². The fourth-order valence-corrected chi connectivity index (χ4v) is 19.2. The average molecular weight is 958 g/mol. The van der Waals surface area contributed by atoms with E-state index in [4.69, 9.17) is 23.2 Å². The third-order valence-electron chi connectivity index (χ3n) is 16.5. The summed E-state index contributed by atoms with van der Waals surface area (Å²) in [5.41, 5.74) is 19.4. The zero-order valence-corrected chi connectivity index (χ0v) is 44.3. The minimum absolute atomic E-state index is 0.0752. The maximum absolute atomic E-state index is 8.10. The zero-order chi connectivity index (χ0) is 47.5. The van der Waals surface area contributed by atoms with Crippen molar-refractivity contribution in [2.75, 3.05) is 9.80 Å². The monoisotopic (exact) mass is 956 g/mol. The van der Waals surface area contributed by atoms with Crippen molar-refractivity contribution >= 4 is 76.2 Å². The van der Waals surface area contributed by atoms with E-state index in [-0.39, 0.29) is 11.3 Å². The van der Waals surface area contributed by atoms with Crippen LogP contribution in [-0.4, -0.2) is 27.0 Å². The van der Waals surface area contributed by atoms with Gasteiger partial charge in [0.05, 0.1) is 5.16 Å². The van der Waals surface area contributed by atoms with Gasteiger partial charge in [-0.3, -0.25) is 0 Å². The molecule has 6 aromatic rings. The Hall–Kier alpha value is -4.33. The SMILES string of the molecule is CC1=C(C)N(c2c(C)cc(C)cc2C)C(C2(P(C3CCCCC3)C3CCCCC3)CCC(Cl)(Cl)C(=Cc3ccc4ccccc4c3)C2=Cc2ccc3ccccc3c2)N1c1c(C)cc(C)cc1C. The molecule has 1 atom stereocenters. The lowest BCUT2D eigenvalue weighted by atomic mass is 9.74. The fraction of sp³-hybridized carbons (Fsp3) is 0.397. The largest absolute Gasteiger partial charge is 0.321 e. The van der Waals surface area contributed by atoms with Crippen LogP contribution in [0.5, 0.6) is 0 Å². The van der Waals surface area contributed by atoms with Crippen molar-refractivity contribution in [2.45, 2.75) is 159 Å². The van der Waals surface area contributed by atoms with E-state index in [0.717, 1.165) is 17.6 Å². The Morgan fingerprint density at radius 1 is 0.471 bits per heavy atom. The Labute approximate surface area is 419 Å². The van der Waals surface area contributed by atoms with E-state index >= 15 is 0 Å². The lowest BCUT2D eigenvalue weighted by Crippen LogP contribution is -2.62. The van der Waals surface area contributed by atoms with Gasteiger partial charge in [0.25, 0.3) is 0 Å². The number of hydrogen-bond acceptors (Lipinski definition) is 2. The highest BCUT2D eigenvalue weighted by atomic mass is 35.5. The number of hydrogen-bond donors (Lipinski definition) is 0. The lowest BCUT2D eigenvalue weighted by Gasteiger charge is -2.61. The molecule has 0 radical (unpaired) electrons. The quantitative estimate of drug-likeness (QED) is 0.111. The Balaban J connectivity index is 1.37. The molecule has 5 heteroatoms. The Morgan fingerprint density at radius 3 is 1.29 bits per heavy atom. The molecule has 0 bridgehead atoms. The molecule has 2 nitrogen and oxygen atoms in total. The Kier molecular flexibility index (Phi) is 13.3. The Bertz CT molecular complexity index is 2840. The van der Waals surface area contributed by atoms with Crippen LogP contribution in [0.2, 0.25) is 0 Å². The number of aryl methyl sites for hydroxylation is 6. The predicted octanol–water partition coefficient (Wildman–Crippen LogP) is 18.8. The van der Waals surface area contributed by atoms with Crippen molar-refractivity contribution in [1.82, 2.24) is 0 Å². The first-order chi connectivity index (χ1) is 32.7. The third kappa shape index (κ3) is 8.58. The first-order valence-corrected chi connectivity index (χ1v) is 28.0. The van der Waals surface area contributed by atoms with Crippen LogP contribution in [-0.2, 0) is 0 Å². The summed E-state index contributed by atoms with van der Waals surface area (Å²) in [4.78, 5) is 5.74. The summed E-state index contributed by atoms with van der Waals surface area (Å²) < 4.78 is -1.12. The minimum atomic E-state index is -1.12. The maximum Gasteiger partial charge on any atom is 0.143 e. The molecule has 1 unspecified atom stereocenters. The molecule has 6 aromatic carbocycles. The number of nitrogens with zero attached hydrogens (tertiary/aromatic N) is 2. The maximum atomic E-state index is 8.10. The highest BCUT2D eigenvalue weighted by Crippen LogP contribution is 2.74. The van der Waals surface area contributed by atoms with Gasteiger partial charge in [-0.1, -0.05) is 184 Å². The van der Waals surface area contributed by atoms with Gasteiger partial charge < -0.3 is 9.80 Å². The number of halogens is 2. The van der Waals surface area contributed by atoms with Crippen LogP contribution in [0.1, 0.15) is 135 Å². The number of anilines is 2. The van der Waals surface area contributed by atoms with Crippen LogP contribution >= 0.6 is 31.1 Å². The van der Waals surface area contributed by atoms with Crippen molar-refractivity contribution in [3.63, 3.8) is 0 Å². The number of benzene rings is 6. The van der Waals surface area contributed by atoms with Crippen LogP contribution < -0.4 is 9.80 Å². The van der Waals surface area contributed by atoms with Crippen molar-refractivity contribution in [3.05, 3.63) is 176 Å². The molecule has 10 rings (SSSR count). The average Bonchev–Trinajstić information content (AvgIpc) is 3.56. The highest BCUT2D eigenvalue weighted by molar-refractivity contribution is 7.61. The van der Waals surface area contributed by atoms with E-state index in [0.29, 0.717) is 17.7 Å². The van der Waals surface area contributed by atoms with Gasteiger partial charge in [0.15, 0.2) is 0 Å². The molecule has 1 heterocycles. The van der Waals surface area contributed by atoms with Gasteiger partial charge in [-0.25, -0.2) is 0 Å². The van der Waals surface area contributed by atoms with Gasteiger partial charge in [0.2, 0.25) is 0 Å². The molecule has 0 spiro atoms. The third-order valence-corrected chi connectivity index (χ3v) is 21.5. The van der Waals surface area contributed by atoms with Crippen LogP contribution in [0.25, 0.3) is 33.7 Å². The second-order valence-electron chi connectivity index (χ2n) is 21.2. The molecule has 4 aliphatic rings. The molecule has 0 aromatic heterocycles. The van der Waals surface area contributed by atoms with Crippen molar-refractivity contribution < 1.29 is 0 Å². The molecule has 3 fully saturated rings. The summed E-state index contributed by atoms with van der Waals surface area (Å²) in [6.07, 6.45) is 19.6. The minimum Gasteiger partial charge on any atom is -0.321 e. The van der Waals surface area contributed by atoms with E-state index in [1.807, 2.05) is 0 Å². The van der Waals surface area contributed by atoms with Crippen molar-refractivity contribution in [2.24, 2.45) is 0 Å². The van der Waals surface area contributed by atoms with Gasteiger partial charge in [-0.2, -0.15) is 0 Å². The molecule has 1 aliphatic heterocycles. The van der Waals surface area contributed by atoms with Crippen LogP contribution in [0.15, 0.2) is 132 Å². The summed E-state index contributed by atoms with van der Waals surface area (Å²) >= 11 is 16.2. The van der Waals surface area contributed by atoms with Crippen LogP contribution in [0, 0.1) is 41.5 Å². The molecule has 3 saturated carbocycles. The summed E-state index contributed by atoms with van der Waals surface area (Å²) in [6, 6.07) is 41.3. The van der Waals surface area contributed by atoms with E-state index in [9.17, 15) is 0 Å². The molecule has 352 valence electrons. The summed E-state index contributed by atoms with van der Waals surface area (Å²) in [6.45, 7) is 18.8. The molecule has 0 N–H and O–H groups in total. The highest BCUT2D eigenvalue weighted by Gasteiger charge is 2.63. The zero-order valence-electron chi connectivity index (χ0n) is 41.9. The molecular weight excluding hydrogens is 887 g/mol. The molecule has 3 aliphatic carbocycles. The molecule has 68 heavy (non-hydrogen) atoms. The van der Waals surface area contributed by atoms with Crippen molar-refractivity contribution in [1.29, 1.82) is 0 Å². The van der Waals surface area contributed by atoms with Crippen LogP contribution in [0.3, 0.4) is 0 Å². The number of fused-ring (bicyclic) bond motifs is 2. The molecular formula is C63H71Cl2N2P. The van der Waals surface area contributed by atoms with E-state index in [2.05, 4.69) is 187 Å².